The van der Waals surface area contributed by atoms with Crippen LogP contribution in [0.15, 0.2) is 0 Å². The highest BCUT2D eigenvalue weighted by Gasteiger charge is 2.51. The fourth-order valence-corrected chi connectivity index (χ4v) is 4.02. The van der Waals surface area contributed by atoms with Crippen molar-refractivity contribution in [3.8, 4) is 0 Å². The van der Waals surface area contributed by atoms with E-state index in [1.165, 1.54) is 4.57 Å². The van der Waals surface area contributed by atoms with Crippen LogP contribution < -0.4 is 0 Å². The summed E-state index contributed by atoms with van der Waals surface area (Å²) >= 11 is 0. The van der Waals surface area contributed by atoms with Gasteiger partial charge in [0, 0.05) is 26.4 Å². The van der Waals surface area contributed by atoms with Gasteiger partial charge < -0.3 is 18.4 Å². The summed E-state index contributed by atoms with van der Waals surface area (Å²) in [5, 5.41) is 9.24. The van der Waals surface area contributed by atoms with Crippen LogP contribution in [0.1, 0.15) is 34.1 Å². The Balaban J connectivity index is 5.08. The molecule has 0 bridgehead atoms. The minimum atomic E-state index is -3.28. The highest BCUT2D eigenvalue weighted by atomic mass is 28.4. The normalized spacial score (nSPS) is 11.5. The predicted octanol–water partition coefficient (Wildman–Crippen LogP) is 1.92. The molecule has 1 N–H and O–H groups in total. The fourth-order valence-electron chi connectivity index (χ4n) is 1.48. The van der Waals surface area contributed by atoms with E-state index in [-0.39, 0.29) is 0 Å². The monoisotopic (exact) mass is 265 g/mol. The first-order valence-corrected chi connectivity index (χ1v) is 7.67. The summed E-state index contributed by atoms with van der Waals surface area (Å²) in [7, 11) is -3.28. The fraction of sp³-hybridized carbons (Fsp3) is 0.900. The zero-order chi connectivity index (χ0) is 13.3. The van der Waals surface area contributed by atoms with Crippen LogP contribution in [-0.4, -0.2) is 51.1 Å². The van der Waals surface area contributed by atoms with Crippen LogP contribution in [0.25, 0.3) is 0 Å². The standard InChI is InChI=1S/C10H23NO5Si/c1-5-9-11(10(12)13)17(14-6-2,15-7-3)16-8-4/h5-9H2,1-4H3,(H,12,13). The molecule has 0 aliphatic carbocycles. The molecular weight excluding hydrogens is 242 g/mol. The lowest BCUT2D eigenvalue weighted by Crippen LogP contribution is -2.63. The second-order valence-corrected chi connectivity index (χ2v) is 5.71. The van der Waals surface area contributed by atoms with Gasteiger partial charge in [-0.25, -0.2) is 4.79 Å². The molecule has 0 aliphatic heterocycles. The molecule has 0 saturated carbocycles. The SMILES string of the molecule is CCCN(C(=O)O)[Si](OCC)(OCC)OCC. The maximum absolute atomic E-state index is 11.3. The van der Waals surface area contributed by atoms with E-state index in [4.69, 9.17) is 13.3 Å². The van der Waals surface area contributed by atoms with E-state index in [2.05, 4.69) is 0 Å². The maximum atomic E-state index is 11.3. The zero-order valence-electron chi connectivity index (χ0n) is 11.1. The van der Waals surface area contributed by atoms with Crippen molar-refractivity contribution in [1.29, 1.82) is 0 Å². The minimum Gasteiger partial charge on any atom is -0.465 e. The van der Waals surface area contributed by atoms with Crippen molar-refractivity contribution < 1.29 is 23.2 Å². The van der Waals surface area contributed by atoms with Crippen LogP contribution in [0.4, 0.5) is 4.79 Å². The predicted molar refractivity (Wildman–Crippen MR) is 65.7 cm³/mol. The van der Waals surface area contributed by atoms with Gasteiger partial charge in [0.2, 0.25) is 0 Å². The van der Waals surface area contributed by atoms with Crippen LogP contribution in [0, 0.1) is 0 Å². The summed E-state index contributed by atoms with van der Waals surface area (Å²) < 4.78 is 17.8. The summed E-state index contributed by atoms with van der Waals surface area (Å²) in [4.78, 5) is 11.3. The second kappa shape index (κ2) is 8.46. The van der Waals surface area contributed by atoms with Gasteiger partial charge in [-0.2, -0.15) is 0 Å². The Morgan fingerprint density at radius 2 is 1.47 bits per heavy atom. The Kier molecular flexibility index (Phi) is 8.14. The molecule has 0 aromatic rings. The Hall–Kier alpha value is -0.633. The van der Waals surface area contributed by atoms with Gasteiger partial charge in [-0.15, -0.1) is 0 Å². The molecule has 0 spiro atoms. The van der Waals surface area contributed by atoms with Crippen LogP contribution in [-0.2, 0) is 13.3 Å². The second-order valence-electron chi connectivity index (χ2n) is 3.26. The van der Waals surface area contributed by atoms with Gasteiger partial charge >= 0.3 is 15.1 Å². The van der Waals surface area contributed by atoms with E-state index in [1.54, 1.807) is 20.8 Å². The van der Waals surface area contributed by atoms with Gasteiger partial charge in [-0.05, 0) is 27.2 Å². The lowest BCUT2D eigenvalue weighted by Gasteiger charge is -2.35. The van der Waals surface area contributed by atoms with Crippen molar-refractivity contribution in [3.63, 3.8) is 0 Å². The first kappa shape index (κ1) is 16.4. The van der Waals surface area contributed by atoms with Crippen molar-refractivity contribution in [2.75, 3.05) is 26.4 Å². The molecule has 102 valence electrons. The molecule has 7 heteroatoms. The zero-order valence-corrected chi connectivity index (χ0v) is 12.1. The number of rotatable bonds is 9. The summed E-state index contributed by atoms with van der Waals surface area (Å²) in [5.41, 5.74) is 0. The quantitative estimate of drug-likeness (QED) is 0.645. The smallest absolute Gasteiger partial charge is 0.465 e. The van der Waals surface area contributed by atoms with Crippen molar-refractivity contribution in [1.82, 2.24) is 4.57 Å². The molecule has 6 nitrogen and oxygen atoms in total. The third kappa shape index (κ3) is 4.62. The number of nitrogens with zero attached hydrogens (tertiary/aromatic N) is 1. The van der Waals surface area contributed by atoms with E-state index in [1.807, 2.05) is 6.92 Å². The molecule has 0 rings (SSSR count). The number of hydrogen-bond donors (Lipinski definition) is 1. The molecule has 0 aromatic heterocycles. The average Bonchev–Trinajstić information content (AvgIpc) is 2.26. The van der Waals surface area contributed by atoms with Gasteiger partial charge in [-0.1, -0.05) is 6.92 Å². The van der Waals surface area contributed by atoms with Gasteiger partial charge in [0.05, 0.1) is 0 Å². The Labute approximate surface area is 104 Å². The minimum absolute atomic E-state index is 0.349. The van der Waals surface area contributed by atoms with E-state index >= 15 is 0 Å². The molecule has 17 heavy (non-hydrogen) atoms. The van der Waals surface area contributed by atoms with Crippen LogP contribution >= 0.6 is 0 Å². The van der Waals surface area contributed by atoms with E-state index in [0.717, 1.165) is 0 Å². The van der Waals surface area contributed by atoms with Crippen molar-refractivity contribution in [3.05, 3.63) is 0 Å². The first-order valence-electron chi connectivity index (χ1n) is 6.00. The molecule has 0 radical (unpaired) electrons. The maximum Gasteiger partial charge on any atom is 0.638 e. The largest absolute Gasteiger partial charge is 0.638 e. The molecule has 0 unspecified atom stereocenters. The molecule has 0 aromatic carbocycles. The Bertz CT molecular complexity index is 210. The van der Waals surface area contributed by atoms with E-state index in [9.17, 15) is 9.90 Å². The summed E-state index contributed by atoms with van der Waals surface area (Å²) in [6, 6.07) is 0. The Morgan fingerprint density at radius 3 is 1.71 bits per heavy atom. The average molecular weight is 265 g/mol. The lowest BCUT2D eigenvalue weighted by molar-refractivity contribution is 0.0198. The molecule has 0 fully saturated rings. The summed E-state index contributed by atoms with van der Waals surface area (Å²) in [6.45, 7) is 8.73. The molecule has 0 saturated heterocycles. The number of carboxylic acid groups (broad SMARTS) is 1. The third-order valence-corrected chi connectivity index (χ3v) is 5.03. The van der Waals surface area contributed by atoms with E-state index < -0.39 is 15.1 Å². The number of amides is 1. The van der Waals surface area contributed by atoms with Gasteiger partial charge in [0.1, 0.15) is 0 Å². The van der Waals surface area contributed by atoms with Gasteiger partial charge in [0.25, 0.3) is 0 Å². The van der Waals surface area contributed by atoms with Crippen LogP contribution in [0.5, 0.6) is 0 Å². The molecule has 0 heterocycles. The van der Waals surface area contributed by atoms with Crippen LogP contribution in [0.3, 0.4) is 0 Å². The topological polar surface area (TPSA) is 68.2 Å². The molecular formula is C10H23NO5Si. The highest BCUT2D eigenvalue weighted by molar-refractivity contribution is 6.60. The molecule has 0 aliphatic rings. The van der Waals surface area contributed by atoms with E-state index in [0.29, 0.717) is 32.8 Å². The number of carbonyl (C=O) groups is 1. The summed E-state index contributed by atoms with van der Waals surface area (Å²) in [5.74, 6) is 0. The first-order chi connectivity index (χ1) is 8.07. The summed E-state index contributed by atoms with van der Waals surface area (Å²) in [6.07, 6.45) is -0.372. The third-order valence-electron chi connectivity index (χ3n) is 1.99. The number of hydrogen-bond acceptors (Lipinski definition) is 4. The Morgan fingerprint density at radius 1 is 1.06 bits per heavy atom. The van der Waals surface area contributed by atoms with Gasteiger partial charge in [0.15, 0.2) is 0 Å². The van der Waals surface area contributed by atoms with Crippen molar-refractivity contribution in [2.24, 2.45) is 0 Å². The van der Waals surface area contributed by atoms with Crippen LogP contribution in [0.2, 0.25) is 0 Å². The lowest BCUT2D eigenvalue weighted by atomic mass is 10.5. The highest BCUT2D eigenvalue weighted by Crippen LogP contribution is 2.17. The van der Waals surface area contributed by atoms with Crippen molar-refractivity contribution in [2.45, 2.75) is 34.1 Å². The van der Waals surface area contributed by atoms with Crippen molar-refractivity contribution >= 4 is 15.1 Å². The van der Waals surface area contributed by atoms with Gasteiger partial charge in [-0.3, -0.25) is 4.57 Å². The molecule has 0 atom stereocenters. The molecule has 1 amide bonds.